The van der Waals surface area contributed by atoms with Crippen LogP contribution in [-0.2, 0) is 24.4 Å². The van der Waals surface area contributed by atoms with Crippen LogP contribution < -0.4 is 16.6 Å². The molecule has 4 rings (SSSR count). The normalized spacial score (nSPS) is 11.1. The zero-order chi connectivity index (χ0) is 21.1. The third kappa shape index (κ3) is 4.11. The first-order valence-corrected chi connectivity index (χ1v) is 10.2. The number of hydrogen-bond acceptors (Lipinski definition) is 5. The number of amides is 1. The van der Waals surface area contributed by atoms with Crippen molar-refractivity contribution in [3.05, 3.63) is 92.1 Å². The second-order valence-electron chi connectivity index (χ2n) is 6.69. The van der Waals surface area contributed by atoms with Crippen LogP contribution in [0.3, 0.4) is 0 Å². The summed E-state index contributed by atoms with van der Waals surface area (Å²) in [5.74, 6) is -0.0476. The Bertz CT molecular complexity index is 1290. The van der Waals surface area contributed by atoms with E-state index in [2.05, 4.69) is 5.32 Å². The first-order chi connectivity index (χ1) is 14.5. The number of nitrogens with one attached hydrogen (secondary N) is 1. The number of aromatic nitrogens is 2. The fourth-order valence-corrected chi connectivity index (χ4v) is 4.00. The zero-order valence-electron chi connectivity index (χ0n) is 15.8. The lowest BCUT2D eigenvalue weighted by Gasteiger charge is -2.12. The predicted molar refractivity (Wildman–Crippen MR) is 111 cm³/mol. The van der Waals surface area contributed by atoms with Crippen LogP contribution in [0.4, 0.5) is 4.39 Å². The Morgan fingerprint density at radius 1 is 1.10 bits per heavy atom. The summed E-state index contributed by atoms with van der Waals surface area (Å²) < 4.78 is 21.3. The third-order valence-electron chi connectivity index (χ3n) is 4.69. The Kier molecular flexibility index (Phi) is 5.62. The monoisotopic (exact) mass is 427 g/mol. The number of carbonyl (C=O) groups is 1. The molecule has 1 amide bonds. The van der Waals surface area contributed by atoms with E-state index >= 15 is 0 Å². The van der Waals surface area contributed by atoms with Gasteiger partial charge in [0.15, 0.2) is 0 Å². The van der Waals surface area contributed by atoms with Gasteiger partial charge in [0, 0.05) is 13.0 Å². The van der Waals surface area contributed by atoms with Crippen molar-refractivity contribution in [1.82, 2.24) is 14.5 Å². The molecule has 0 aliphatic carbocycles. The summed E-state index contributed by atoms with van der Waals surface area (Å²) in [7, 11) is 0. The number of furan rings is 1. The van der Waals surface area contributed by atoms with Gasteiger partial charge in [-0.05, 0) is 41.3 Å². The highest BCUT2D eigenvalue weighted by atomic mass is 32.1. The Labute approximate surface area is 174 Å². The highest BCUT2D eigenvalue weighted by Gasteiger charge is 2.15. The molecular formula is C21H18FN3O4S. The molecule has 7 nitrogen and oxygen atoms in total. The average molecular weight is 427 g/mol. The van der Waals surface area contributed by atoms with E-state index in [1.807, 2.05) is 0 Å². The summed E-state index contributed by atoms with van der Waals surface area (Å²) in [6.07, 6.45) is 1.49. The van der Waals surface area contributed by atoms with Gasteiger partial charge in [0.05, 0.1) is 24.9 Å². The predicted octanol–water partition coefficient (Wildman–Crippen LogP) is 2.71. The van der Waals surface area contributed by atoms with Gasteiger partial charge in [0.25, 0.3) is 5.56 Å². The van der Waals surface area contributed by atoms with Crippen molar-refractivity contribution in [3.8, 4) is 0 Å². The van der Waals surface area contributed by atoms with Crippen LogP contribution in [0.15, 0.2) is 68.1 Å². The largest absolute Gasteiger partial charge is 0.467 e. The molecule has 0 saturated heterocycles. The molecule has 0 bridgehead atoms. The van der Waals surface area contributed by atoms with Crippen LogP contribution in [0.25, 0.3) is 10.2 Å². The van der Waals surface area contributed by atoms with E-state index in [1.165, 1.54) is 34.3 Å². The molecule has 0 saturated carbocycles. The Balaban J connectivity index is 1.58. The number of hydrogen-bond donors (Lipinski definition) is 1. The highest BCUT2D eigenvalue weighted by molar-refractivity contribution is 7.17. The summed E-state index contributed by atoms with van der Waals surface area (Å²) in [4.78, 5) is 38.0. The van der Waals surface area contributed by atoms with E-state index in [0.717, 1.165) is 10.1 Å². The molecule has 3 heterocycles. The van der Waals surface area contributed by atoms with Gasteiger partial charge in [-0.3, -0.25) is 18.7 Å². The van der Waals surface area contributed by atoms with Crippen molar-refractivity contribution in [2.24, 2.45) is 0 Å². The lowest BCUT2D eigenvalue weighted by molar-refractivity contribution is -0.121. The average Bonchev–Trinajstić information content (AvgIpc) is 3.43. The van der Waals surface area contributed by atoms with Crippen LogP contribution in [0.2, 0.25) is 0 Å². The summed E-state index contributed by atoms with van der Waals surface area (Å²) in [6, 6.07) is 11.0. The van der Waals surface area contributed by atoms with Crippen molar-refractivity contribution in [2.75, 3.05) is 0 Å². The molecule has 154 valence electrons. The van der Waals surface area contributed by atoms with Crippen molar-refractivity contribution < 1.29 is 13.6 Å². The first kappa shape index (κ1) is 19.8. The van der Waals surface area contributed by atoms with E-state index in [1.54, 1.807) is 35.7 Å². The van der Waals surface area contributed by atoms with Gasteiger partial charge < -0.3 is 9.73 Å². The molecule has 9 heteroatoms. The smallest absolute Gasteiger partial charge is 0.331 e. The van der Waals surface area contributed by atoms with Crippen LogP contribution in [0.1, 0.15) is 17.7 Å². The molecular weight excluding hydrogens is 409 g/mol. The van der Waals surface area contributed by atoms with E-state index in [-0.39, 0.29) is 37.8 Å². The molecule has 30 heavy (non-hydrogen) atoms. The molecule has 1 aromatic carbocycles. The number of nitrogens with zero attached hydrogens (tertiary/aromatic N) is 2. The fourth-order valence-electron chi connectivity index (χ4n) is 3.16. The van der Waals surface area contributed by atoms with Gasteiger partial charge in [-0.2, -0.15) is 0 Å². The number of rotatable bonds is 7. The summed E-state index contributed by atoms with van der Waals surface area (Å²) in [5, 5.41) is 4.44. The number of fused-ring (bicyclic) bond motifs is 1. The molecule has 0 radical (unpaired) electrons. The Morgan fingerprint density at radius 2 is 1.90 bits per heavy atom. The number of carbonyl (C=O) groups excluding carboxylic acids is 1. The third-order valence-corrected chi connectivity index (χ3v) is 5.58. The van der Waals surface area contributed by atoms with E-state index < -0.39 is 11.2 Å². The van der Waals surface area contributed by atoms with Crippen LogP contribution in [0.5, 0.6) is 0 Å². The second kappa shape index (κ2) is 8.50. The van der Waals surface area contributed by atoms with Crippen molar-refractivity contribution in [2.45, 2.75) is 26.1 Å². The molecule has 0 atom stereocenters. The molecule has 0 spiro atoms. The van der Waals surface area contributed by atoms with Gasteiger partial charge in [0.2, 0.25) is 5.91 Å². The number of benzene rings is 1. The maximum atomic E-state index is 13.2. The molecule has 1 N–H and O–H groups in total. The minimum atomic E-state index is -0.506. The standard InChI is InChI=1S/C21H18FN3O4S/c22-15-5-3-14(4-6-15)13-25-17-8-11-30-19(17)20(27)24(21(25)28)9-7-18(26)23-12-16-2-1-10-29-16/h1-6,8,10-11H,7,9,12-13H2,(H,23,26). The molecule has 0 aliphatic heterocycles. The molecule has 0 fully saturated rings. The molecule has 4 aromatic rings. The lowest BCUT2D eigenvalue weighted by Crippen LogP contribution is -2.40. The lowest BCUT2D eigenvalue weighted by atomic mass is 10.2. The van der Waals surface area contributed by atoms with Gasteiger partial charge in [0.1, 0.15) is 16.3 Å². The van der Waals surface area contributed by atoms with Gasteiger partial charge in [-0.15, -0.1) is 11.3 Å². The number of halogens is 1. The molecule has 0 aliphatic rings. The maximum Gasteiger partial charge on any atom is 0.331 e. The van der Waals surface area contributed by atoms with E-state index in [0.29, 0.717) is 16.0 Å². The van der Waals surface area contributed by atoms with Gasteiger partial charge in [-0.1, -0.05) is 12.1 Å². The van der Waals surface area contributed by atoms with Crippen LogP contribution in [-0.4, -0.2) is 15.0 Å². The summed E-state index contributed by atoms with van der Waals surface area (Å²) in [6.45, 7) is 0.385. The topological polar surface area (TPSA) is 86.2 Å². The number of thiophene rings is 1. The van der Waals surface area contributed by atoms with Crippen LogP contribution in [0, 0.1) is 5.82 Å². The zero-order valence-corrected chi connectivity index (χ0v) is 16.7. The van der Waals surface area contributed by atoms with Gasteiger partial charge in [-0.25, -0.2) is 9.18 Å². The minimum Gasteiger partial charge on any atom is -0.467 e. The Hall–Kier alpha value is -3.46. The van der Waals surface area contributed by atoms with Crippen molar-refractivity contribution in [3.63, 3.8) is 0 Å². The Morgan fingerprint density at radius 3 is 2.63 bits per heavy atom. The molecule has 3 aromatic heterocycles. The maximum absolute atomic E-state index is 13.2. The van der Waals surface area contributed by atoms with E-state index in [9.17, 15) is 18.8 Å². The first-order valence-electron chi connectivity index (χ1n) is 9.27. The summed E-state index contributed by atoms with van der Waals surface area (Å²) >= 11 is 1.24. The van der Waals surface area contributed by atoms with Gasteiger partial charge >= 0.3 is 5.69 Å². The quantitative estimate of drug-likeness (QED) is 0.491. The van der Waals surface area contributed by atoms with E-state index in [4.69, 9.17) is 4.42 Å². The van der Waals surface area contributed by atoms with Crippen LogP contribution >= 0.6 is 11.3 Å². The highest BCUT2D eigenvalue weighted by Crippen LogP contribution is 2.16. The van der Waals surface area contributed by atoms with Crippen molar-refractivity contribution >= 4 is 27.5 Å². The fraction of sp³-hybridized carbons (Fsp3) is 0.190. The molecule has 0 unspecified atom stereocenters. The minimum absolute atomic E-state index is 0.0245. The van der Waals surface area contributed by atoms with Crippen molar-refractivity contribution in [1.29, 1.82) is 0 Å². The second-order valence-corrected chi connectivity index (χ2v) is 7.61. The summed E-state index contributed by atoms with van der Waals surface area (Å²) in [5.41, 5.74) is 0.332. The SMILES string of the molecule is O=C(CCn1c(=O)c2sccc2n(Cc2ccc(F)cc2)c1=O)NCc1ccco1.